The van der Waals surface area contributed by atoms with Crippen molar-refractivity contribution in [3.05, 3.63) is 18.0 Å². The molecule has 1 saturated carbocycles. The molecule has 78 valence electrons. The summed E-state index contributed by atoms with van der Waals surface area (Å²) in [5.74, 6) is 0.686. The van der Waals surface area contributed by atoms with E-state index >= 15 is 0 Å². The third-order valence-corrected chi connectivity index (χ3v) is 4.46. The summed E-state index contributed by atoms with van der Waals surface area (Å²) in [6.45, 7) is 9.46. The van der Waals surface area contributed by atoms with Crippen molar-refractivity contribution in [2.45, 2.75) is 40.0 Å². The molecule has 1 heterocycles. The van der Waals surface area contributed by atoms with Crippen LogP contribution < -0.4 is 0 Å². The van der Waals surface area contributed by atoms with Gasteiger partial charge in [-0.1, -0.05) is 27.7 Å². The van der Waals surface area contributed by atoms with Gasteiger partial charge in [-0.3, -0.25) is 4.68 Å². The van der Waals surface area contributed by atoms with Crippen molar-refractivity contribution in [2.75, 3.05) is 0 Å². The van der Waals surface area contributed by atoms with Gasteiger partial charge in [0.2, 0.25) is 0 Å². The van der Waals surface area contributed by atoms with Gasteiger partial charge in [-0.25, -0.2) is 0 Å². The zero-order valence-electron chi connectivity index (χ0n) is 9.83. The Balaban J connectivity index is 2.25. The second kappa shape index (κ2) is 2.62. The van der Waals surface area contributed by atoms with Crippen molar-refractivity contribution in [3.8, 4) is 0 Å². The number of rotatable bonds is 1. The topological polar surface area (TPSA) is 17.8 Å². The molecule has 1 fully saturated rings. The normalized spacial score (nSPS) is 28.5. The van der Waals surface area contributed by atoms with Gasteiger partial charge in [-0.15, -0.1) is 0 Å². The summed E-state index contributed by atoms with van der Waals surface area (Å²) >= 11 is 0. The molecule has 1 aliphatic carbocycles. The van der Waals surface area contributed by atoms with Crippen LogP contribution in [0.15, 0.2) is 12.4 Å². The van der Waals surface area contributed by atoms with E-state index in [4.69, 9.17) is 0 Å². The summed E-state index contributed by atoms with van der Waals surface area (Å²) in [5, 5.41) is 4.25. The molecule has 1 aliphatic rings. The largest absolute Gasteiger partial charge is 0.276 e. The van der Waals surface area contributed by atoms with Gasteiger partial charge in [0, 0.05) is 13.2 Å². The Kier molecular flexibility index (Phi) is 1.82. The first-order valence-electron chi connectivity index (χ1n) is 5.33. The molecule has 1 aromatic heterocycles. The molecule has 0 radical (unpaired) electrons. The molecule has 1 unspecified atom stereocenters. The molecule has 2 heteroatoms. The highest BCUT2D eigenvalue weighted by Gasteiger charge is 2.54. The molecule has 0 spiro atoms. The van der Waals surface area contributed by atoms with Crippen LogP contribution in [0.25, 0.3) is 0 Å². The summed E-state index contributed by atoms with van der Waals surface area (Å²) in [6.07, 6.45) is 5.45. The molecule has 0 aliphatic heterocycles. The van der Waals surface area contributed by atoms with Crippen LogP contribution in [0.3, 0.4) is 0 Å². The maximum absolute atomic E-state index is 4.25. The van der Waals surface area contributed by atoms with E-state index in [0.717, 1.165) is 0 Å². The maximum Gasteiger partial charge on any atom is 0.0524 e. The lowest BCUT2D eigenvalue weighted by molar-refractivity contribution is -0.0487. The lowest BCUT2D eigenvalue weighted by Gasteiger charge is -2.59. The Bertz CT molecular complexity index is 347. The van der Waals surface area contributed by atoms with Gasteiger partial charge in [-0.2, -0.15) is 5.10 Å². The van der Waals surface area contributed by atoms with E-state index in [1.807, 2.05) is 17.9 Å². The lowest BCUT2D eigenvalue weighted by atomic mass is 9.45. The molecule has 0 bridgehead atoms. The van der Waals surface area contributed by atoms with Crippen LogP contribution in [0.2, 0.25) is 0 Å². The van der Waals surface area contributed by atoms with Gasteiger partial charge in [0.05, 0.1) is 6.20 Å². The molecule has 1 aromatic rings. The molecule has 0 saturated heterocycles. The molecule has 2 rings (SSSR count). The Labute approximate surface area is 86.3 Å². The standard InChI is InChI=1S/C12H20N2/c1-11(2)6-10(12(11,3)4)9-7-13-14(5)8-9/h7-8,10H,6H2,1-5H3. The minimum atomic E-state index is 0.399. The van der Waals surface area contributed by atoms with Crippen molar-refractivity contribution in [1.82, 2.24) is 9.78 Å². The highest BCUT2D eigenvalue weighted by Crippen LogP contribution is 2.64. The third-order valence-electron chi connectivity index (χ3n) is 4.46. The van der Waals surface area contributed by atoms with Crippen LogP contribution in [0, 0.1) is 10.8 Å². The zero-order valence-corrected chi connectivity index (χ0v) is 9.83. The fourth-order valence-electron chi connectivity index (χ4n) is 2.52. The van der Waals surface area contributed by atoms with E-state index in [0.29, 0.717) is 16.7 Å². The second-order valence-corrected chi connectivity index (χ2v) is 5.81. The van der Waals surface area contributed by atoms with Crippen LogP contribution in [0.1, 0.15) is 45.6 Å². The highest BCUT2D eigenvalue weighted by atomic mass is 15.2. The molecule has 0 aromatic carbocycles. The minimum absolute atomic E-state index is 0.399. The van der Waals surface area contributed by atoms with Crippen LogP contribution in [0.5, 0.6) is 0 Å². The minimum Gasteiger partial charge on any atom is -0.276 e. The average molecular weight is 192 g/mol. The monoisotopic (exact) mass is 192 g/mol. The maximum atomic E-state index is 4.25. The average Bonchev–Trinajstić information content (AvgIpc) is 2.47. The quantitative estimate of drug-likeness (QED) is 0.669. The smallest absolute Gasteiger partial charge is 0.0524 e. The molecule has 0 N–H and O–H groups in total. The summed E-state index contributed by atoms with van der Waals surface area (Å²) in [5.41, 5.74) is 2.26. The van der Waals surface area contributed by atoms with E-state index in [-0.39, 0.29) is 0 Å². The summed E-state index contributed by atoms with van der Waals surface area (Å²) in [6, 6.07) is 0. The van der Waals surface area contributed by atoms with Crippen molar-refractivity contribution >= 4 is 0 Å². The molecule has 1 atom stereocenters. The first-order valence-corrected chi connectivity index (χ1v) is 5.33. The Morgan fingerprint density at radius 1 is 1.36 bits per heavy atom. The lowest BCUT2D eigenvalue weighted by Crippen LogP contribution is -2.49. The zero-order chi connectivity index (χ0) is 10.6. The van der Waals surface area contributed by atoms with Gasteiger partial charge in [0.15, 0.2) is 0 Å². The van der Waals surface area contributed by atoms with Gasteiger partial charge in [0.1, 0.15) is 0 Å². The van der Waals surface area contributed by atoms with Gasteiger partial charge >= 0.3 is 0 Å². The van der Waals surface area contributed by atoms with Crippen molar-refractivity contribution in [3.63, 3.8) is 0 Å². The van der Waals surface area contributed by atoms with E-state index < -0.39 is 0 Å². The first-order chi connectivity index (χ1) is 6.34. The van der Waals surface area contributed by atoms with Gasteiger partial charge in [0.25, 0.3) is 0 Å². The molecular formula is C12H20N2. The van der Waals surface area contributed by atoms with E-state index in [2.05, 4.69) is 39.0 Å². The fraction of sp³-hybridized carbons (Fsp3) is 0.750. The van der Waals surface area contributed by atoms with E-state index in [1.165, 1.54) is 12.0 Å². The van der Waals surface area contributed by atoms with E-state index in [1.54, 1.807) is 0 Å². The summed E-state index contributed by atoms with van der Waals surface area (Å²) < 4.78 is 1.90. The molecule has 2 nitrogen and oxygen atoms in total. The SMILES string of the molecule is Cn1cc(C2CC(C)(C)C2(C)C)cn1. The molecule has 0 amide bonds. The van der Waals surface area contributed by atoms with Crippen molar-refractivity contribution < 1.29 is 0 Å². The predicted molar refractivity (Wildman–Crippen MR) is 58.1 cm³/mol. The number of hydrogen-bond acceptors (Lipinski definition) is 1. The van der Waals surface area contributed by atoms with E-state index in [9.17, 15) is 0 Å². The number of hydrogen-bond donors (Lipinski definition) is 0. The Morgan fingerprint density at radius 3 is 2.36 bits per heavy atom. The van der Waals surface area contributed by atoms with Crippen molar-refractivity contribution in [1.29, 1.82) is 0 Å². The number of nitrogens with zero attached hydrogens (tertiary/aromatic N) is 2. The number of aromatic nitrogens is 2. The summed E-state index contributed by atoms with van der Waals surface area (Å²) in [7, 11) is 1.99. The van der Waals surface area contributed by atoms with Crippen molar-refractivity contribution in [2.24, 2.45) is 17.9 Å². The Morgan fingerprint density at radius 2 is 2.00 bits per heavy atom. The first kappa shape index (κ1) is 9.75. The molecule has 14 heavy (non-hydrogen) atoms. The third kappa shape index (κ3) is 1.13. The van der Waals surface area contributed by atoms with Crippen LogP contribution in [-0.2, 0) is 7.05 Å². The summed E-state index contributed by atoms with van der Waals surface area (Å²) in [4.78, 5) is 0. The van der Waals surface area contributed by atoms with Gasteiger partial charge in [-0.05, 0) is 28.7 Å². The van der Waals surface area contributed by atoms with Crippen LogP contribution >= 0.6 is 0 Å². The highest BCUT2D eigenvalue weighted by molar-refractivity contribution is 5.23. The second-order valence-electron chi connectivity index (χ2n) is 5.81. The molecular weight excluding hydrogens is 172 g/mol. The Hall–Kier alpha value is -0.790. The number of aryl methyl sites for hydroxylation is 1. The fourth-order valence-corrected chi connectivity index (χ4v) is 2.52. The van der Waals surface area contributed by atoms with Crippen LogP contribution in [0.4, 0.5) is 0 Å². The van der Waals surface area contributed by atoms with Crippen LogP contribution in [-0.4, -0.2) is 9.78 Å². The van der Waals surface area contributed by atoms with Gasteiger partial charge < -0.3 is 0 Å². The predicted octanol–water partition coefficient (Wildman–Crippen LogP) is 2.96.